The number of benzene rings is 2. The molecule has 0 radical (unpaired) electrons. The van der Waals surface area contributed by atoms with Crippen LogP contribution in [0.5, 0.6) is 0 Å². The Hall–Kier alpha value is -2.03. The van der Waals surface area contributed by atoms with E-state index in [9.17, 15) is 4.79 Å². The molecule has 0 aromatic heterocycles. The predicted octanol–water partition coefficient (Wildman–Crippen LogP) is 4.30. The van der Waals surface area contributed by atoms with Crippen molar-refractivity contribution in [1.82, 2.24) is 5.32 Å². The molecule has 2 aromatic carbocycles. The standard InChI is InChI=1S/C18H23NO2/c1-18(2,3)21-17(20)19-13-7-11-15-10-6-9-14-8-4-5-12-16(14)15/h4-6,8-10,12H,7,11,13H2,1-3H3,(H,19,20). The van der Waals surface area contributed by atoms with Gasteiger partial charge in [0.15, 0.2) is 0 Å². The van der Waals surface area contributed by atoms with Gasteiger partial charge in [0.25, 0.3) is 0 Å². The molecule has 0 aliphatic rings. The molecule has 3 heteroatoms. The Morgan fingerprint density at radius 2 is 1.81 bits per heavy atom. The van der Waals surface area contributed by atoms with Crippen molar-refractivity contribution in [2.24, 2.45) is 0 Å². The second-order valence-electron chi connectivity index (χ2n) is 6.17. The predicted molar refractivity (Wildman–Crippen MR) is 86.5 cm³/mol. The number of ether oxygens (including phenoxy) is 1. The van der Waals surface area contributed by atoms with Gasteiger partial charge >= 0.3 is 6.09 Å². The van der Waals surface area contributed by atoms with Gasteiger partial charge in [-0.1, -0.05) is 42.5 Å². The molecule has 0 heterocycles. The van der Waals surface area contributed by atoms with Gasteiger partial charge in [0, 0.05) is 6.54 Å². The first-order chi connectivity index (χ1) is 9.96. The summed E-state index contributed by atoms with van der Waals surface area (Å²) in [7, 11) is 0. The largest absolute Gasteiger partial charge is 0.444 e. The Morgan fingerprint density at radius 1 is 1.10 bits per heavy atom. The van der Waals surface area contributed by atoms with Crippen molar-refractivity contribution in [3.05, 3.63) is 48.0 Å². The Morgan fingerprint density at radius 3 is 2.57 bits per heavy atom. The second kappa shape index (κ2) is 6.61. The van der Waals surface area contributed by atoms with Gasteiger partial charge in [0.05, 0.1) is 0 Å². The number of fused-ring (bicyclic) bond motifs is 1. The smallest absolute Gasteiger partial charge is 0.407 e. The SMILES string of the molecule is CC(C)(C)OC(=O)NCCCc1cccc2ccccc12. The van der Waals surface area contributed by atoms with Crippen LogP contribution in [0, 0.1) is 0 Å². The number of aryl methyl sites for hydroxylation is 1. The normalized spacial score (nSPS) is 11.4. The average Bonchev–Trinajstić information content (AvgIpc) is 2.42. The third-order valence-electron chi connectivity index (χ3n) is 3.17. The van der Waals surface area contributed by atoms with Crippen LogP contribution in [0.2, 0.25) is 0 Å². The third-order valence-corrected chi connectivity index (χ3v) is 3.17. The molecule has 0 fully saturated rings. The van der Waals surface area contributed by atoms with Gasteiger partial charge < -0.3 is 10.1 Å². The molecule has 21 heavy (non-hydrogen) atoms. The van der Waals surface area contributed by atoms with E-state index in [1.165, 1.54) is 16.3 Å². The molecular weight excluding hydrogens is 262 g/mol. The van der Waals surface area contributed by atoms with E-state index in [-0.39, 0.29) is 6.09 Å². The molecule has 2 rings (SSSR count). The van der Waals surface area contributed by atoms with Crippen molar-refractivity contribution in [2.45, 2.75) is 39.2 Å². The maximum atomic E-state index is 11.5. The summed E-state index contributed by atoms with van der Waals surface area (Å²) >= 11 is 0. The van der Waals surface area contributed by atoms with Crippen molar-refractivity contribution in [3.63, 3.8) is 0 Å². The molecule has 1 N–H and O–H groups in total. The van der Waals surface area contributed by atoms with E-state index >= 15 is 0 Å². The van der Waals surface area contributed by atoms with Crippen LogP contribution in [0.15, 0.2) is 42.5 Å². The van der Waals surface area contributed by atoms with Gasteiger partial charge in [0.2, 0.25) is 0 Å². The molecule has 112 valence electrons. The lowest BCUT2D eigenvalue weighted by Crippen LogP contribution is -2.33. The maximum absolute atomic E-state index is 11.5. The first kappa shape index (κ1) is 15.4. The first-order valence-electron chi connectivity index (χ1n) is 7.39. The lowest BCUT2D eigenvalue weighted by Gasteiger charge is -2.19. The number of alkyl carbamates (subject to hydrolysis) is 1. The van der Waals surface area contributed by atoms with E-state index < -0.39 is 5.60 Å². The monoisotopic (exact) mass is 285 g/mol. The fourth-order valence-corrected chi connectivity index (χ4v) is 2.29. The van der Waals surface area contributed by atoms with Crippen LogP contribution in [0.1, 0.15) is 32.8 Å². The first-order valence-corrected chi connectivity index (χ1v) is 7.39. The van der Waals surface area contributed by atoms with Crippen LogP contribution in [0.4, 0.5) is 4.79 Å². The number of rotatable bonds is 4. The molecule has 0 saturated heterocycles. The fraction of sp³-hybridized carbons (Fsp3) is 0.389. The fourth-order valence-electron chi connectivity index (χ4n) is 2.29. The third kappa shape index (κ3) is 4.78. The van der Waals surface area contributed by atoms with Gasteiger partial charge in [0.1, 0.15) is 5.60 Å². The summed E-state index contributed by atoms with van der Waals surface area (Å²) in [5, 5.41) is 5.34. The van der Waals surface area contributed by atoms with E-state index in [2.05, 4.69) is 47.8 Å². The zero-order valence-corrected chi connectivity index (χ0v) is 13.0. The van der Waals surface area contributed by atoms with Crippen LogP contribution in [-0.2, 0) is 11.2 Å². The molecule has 0 bridgehead atoms. The number of hydrogen-bond acceptors (Lipinski definition) is 2. The number of amides is 1. The Kier molecular flexibility index (Phi) is 4.84. The summed E-state index contributed by atoms with van der Waals surface area (Å²) in [6.45, 7) is 6.21. The zero-order chi connectivity index (χ0) is 15.3. The van der Waals surface area contributed by atoms with Gasteiger partial charge in [-0.15, -0.1) is 0 Å². The summed E-state index contributed by atoms with van der Waals surface area (Å²) in [5.41, 5.74) is 0.874. The van der Waals surface area contributed by atoms with E-state index in [0.29, 0.717) is 6.54 Å². The number of nitrogens with one attached hydrogen (secondary N) is 1. The molecule has 0 aliphatic heterocycles. The minimum atomic E-state index is -0.445. The number of carbonyl (C=O) groups is 1. The lowest BCUT2D eigenvalue weighted by molar-refractivity contribution is 0.0527. The summed E-state index contributed by atoms with van der Waals surface area (Å²) < 4.78 is 5.21. The molecule has 1 amide bonds. The second-order valence-corrected chi connectivity index (χ2v) is 6.17. The van der Waals surface area contributed by atoms with E-state index in [1.54, 1.807) is 0 Å². The minimum Gasteiger partial charge on any atom is -0.444 e. The molecule has 3 nitrogen and oxygen atoms in total. The molecule has 0 atom stereocenters. The number of hydrogen-bond donors (Lipinski definition) is 1. The van der Waals surface area contributed by atoms with Gasteiger partial charge in [-0.2, -0.15) is 0 Å². The summed E-state index contributed by atoms with van der Waals surface area (Å²) in [6, 6.07) is 14.7. The molecule has 2 aromatic rings. The summed E-state index contributed by atoms with van der Waals surface area (Å²) in [5.74, 6) is 0. The van der Waals surface area contributed by atoms with Gasteiger partial charge in [-0.3, -0.25) is 0 Å². The maximum Gasteiger partial charge on any atom is 0.407 e. The van der Waals surface area contributed by atoms with Gasteiger partial charge in [-0.05, 0) is 49.9 Å². The van der Waals surface area contributed by atoms with Crippen LogP contribution >= 0.6 is 0 Å². The minimum absolute atomic E-state index is 0.347. The van der Waals surface area contributed by atoms with Crippen molar-refractivity contribution >= 4 is 16.9 Å². The molecular formula is C18H23NO2. The Bertz CT molecular complexity index is 609. The van der Waals surface area contributed by atoms with Crippen molar-refractivity contribution in [3.8, 4) is 0 Å². The van der Waals surface area contributed by atoms with Crippen molar-refractivity contribution in [1.29, 1.82) is 0 Å². The quantitative estimate of drug-likeness (QED) is 0.851. The average molecular weight is 285 g/mol. The van der Waals surface area contributed by atoms with E-state index in [1.807, 2.05) is 20.8 Å². The Labute approximate surface area is 126 Å². The van der Waals surface area contributed by atoms with Crippen LogP contribution in [0.3, 0.4) is 0 Å². The highest BCUT2D eigenvalue weighted by Crippen LogP contribution is 2.19. The zero-order valence-electron chi connectivity index (χ0n) is 13.0. The van der Waals surface area contributed by atoms with Crippen molar-refractivity contribution in [2.75, 3.05) is 6.54 Å². The lowest BCUT2D eigenvalue weighted by atomic mass is 10.0. The number of carbonyl (C=O) groups excluding carboxylic acids is 1. The Balaban J connectivity index is 1.84. The van der Waals surface area contributed by atoms with E-state index in [4.69, 9.17) is 4.74 Å². The molecule has 0 aliphatic carbocycles. The highest BCUT2D eigenvalue weighted by molar-refractivity contribution is 5.85. The molecule has 0 spiro atoms. The highest BCUT2D eigenvalue weighted by atomic mass is 16.6. The van der Waals surface area contributed by atoms with Gasteiger partial charge in [-0.25, -0.2) is 4.79 Å². The molecule has 0 unspecified atom stereocenters. The molecule has 0 saturated carbocycles. The summed E-state index contributed by atoms with van der Waals surface area (Å²) in [6.07, 6.45) is 1.49. The van der Waals surface area contributed by atoms with Crippen LogP contribution < -0.4 is 5.32 Å². The van der Waals surface area contributed by atoms with Crippen molar-refractivity contribution < 1.29 is 9.53 Å². The summed E-state index contributed by atoms with van der Waals surface area (Å²) in [4.78, 5) is 11.5. The van der Waals surface area contributed by atoms with Crippen LogP contribution in [-0.4, -0.2) is 18.2 Å². The van der Waals surface area contributed by atoms with E-state index in [0.717, 1.165) is 12.8 Å². The van der Waals surface area contributed by atoms with Crippen LogP contribution in [0.25, 0.3) is 10.8 Å². The topological polar surface area (TPSA) is 38.3 Å². The highest BCUT2D eigenvalue weighted by Gasteiger charge is 2.15.